The molecule has 1 aromatic carbocycles. The van der Waals surface area contributed by atoms with Crippen LogP contribution < -0.4 is 10.6 Å². The van der Waals surface area contributed by atoms with Crippen LogP contribution >= 0.6 is 0 Å². The van der Waals surface area contributed by atoms with Crippen molar-refractivity contribution < 1.29 is 14.4 Å². The molecule has 3 atom stereocenters. The van der Waals surface area contributed by atoms with Gasteiger partial charge in [-0.1, -0.05) is 18.6 Å². The molecule has 1 saturated heterocycles. The van der Waals surface area contributed by atoms with Gasteiger partial charge < -0.3 is 20.3 Å². The number of carbonyl (C=O) groups excluding carboxylic acids is 3. The van der Waals surface area contributed by atoms with E-state index in [1.807, 2.05) is 19.1 Å². The Balaban J connectivity index is 1.89. The number of piperidine rings is 1. The van der Waals surface area contributed by atoms with E-state index in [1.165, 1.54) is 18.4 Å². The van der Waals surface area contributed by atoms with Crippen molar-refractivity contribution in [2.45, 2.75) is 57.2 Å². The van der Waals surface area contributed by atoms with Crippen molar-refractivity contribution in [2.24, 2.45) is 0 Å². The number of hydrogen-bond acceptors (Lipinski definition) is 4. The first-order valence-corrected chi connectivity index (χ1v) is 9.43. The highest BCUT2D eigenvalue weighted by Crippen LogP contribution is 2.38. The van der Waals surface area contributed by atoms with Gasteiger partial charge in [0.1, 0.15) is 12.3 Å². The van der Waals surface area contributed by atoms with Crippen LogP contribution in [0.2, 0.25) is 0 Å². The van der Waals surface area contributed by atoms with Crippen LogP contribution in [0.3, 0.4) is 0 Å². The molecule has 0 aliphatic carbocycles. The number of fused-ring (bicyclic) bond motifs is 1. The summed E-state index contributed by atoms with van der Waals surface area (Å²) in [6, 6.07) is 5.54. The first-order valence-electron chi connectivity index (χ1n) is 9.43. The second kappa shape index (κ2) is 7.99. The van der Waals surface area contributed by atoms with E-state index in [1.54, 1.807) is 11.9 Å². The minimum absolute atomic E-state index is 0.129. The maximum absolute atomic E-state index is 13.0. The summed E-state index contributed by atoms with van der Waals surface area (Å²) in [6.07, 6.45) is 4.90. The second-order valence-electron chi connectivity index (χ2n) is 7.11. The number of benzene rings is 1. The van der Waals surface area contributed by atoms with Gasteiger partial charge >= 0.3 is 0 Å². The SMILES string of the molecule is CNC(=O)C(CCC=O)N1C(=O)c2ccc(C3CCCCN3)cc2C1C. The minimum Gasteiger partial charge on any atom is -0.357 e. The summed E-state index contributed by atoms with van der Waals surface area (Å²) >= 11 is 0. The summed E-state index contributed by atoms with van der Waals surface area (Å²) in [4.78, 5) is 37.7. The van der Waals surface area contributed by atoms with E-state index in [2.05, 4.69) is 16.7 Å². The molecule has 2 aliphatic heterocycles. The molecule has 1 aromatic rings. The van der Waals surface area contributed by atoms with Crippen LogP contribution in [-0.2, 0) is 9.59 Å². The van der Waals surface area contributed by atoms with Crippen molar-refractivity contribution in [1.82, 2.24) is 15.5 Å². The fourth-order valence-electron chi connectivity index (χ4n) is 4.14. The van der Waals surface area contributed by atoms with E-state index in [0.717, 1.165) is 24.8 Å². The molecule has 2 heterocycles. The number of amides is 2. The first-order chi connectivity index (χ1) is 12.6. The molecule has 0 saturated carbocycles. The molecule has 0 spiro atoms. The number of nitrogens with one attached hydrogen (secondary N) is 2. The lowest BCUT2D eigenvalue weighted by atomic mass is 9.93. The van der Waals surface area contributed by atoms with Gasteiger partial charge in [0.2, 0.25) is 5.91 Å². The van der Waals surface area contributed by atoms with Crippen molar-refractivity contribution in [3.8, 4) is 0 Å². The Bertz CT molecular complexity index is 698. The summed E-state index contributed by atoms with van der Waals surface area (Å²) in [6.45, 7) is 2.98. The Hall–Kier alpha value is -2.21. The molecule has 1 fully saturated rings. The Kier molecular flexibility index (Phi) is 5.71. The third-order valence-corrected chi connectivity index (χ3v) is 5.56. The van der Waals surface area contributed by atoms with Crippen LogP contribution in [0.15, 0.2) is 18.2 Å². The summed E-state index contributed by atoms with van der Waals surface area (Å²) in [5.74, 6) is -0.357. The van der Waals surface area contributed by atoms with E-state index in [9.17, 15) is 14.4 Å². The molecule has 3 rings (SSSR count). The zero-order chi connectivity index (χ0) is 18.7. The number of carbonyl (C=O) groups is 3. The summed E-state index contributed by atoms with van der Waals surface area (Å²) in [5, 5.41) is 6.16. The van der Waals surface area contributed by atoms with Gasteiger partial charge in [0, 0.05) is 25.1 Å². The Morgan fingerprint density at radius 2 is 2.23 bits per heavy atom. The van der Waals surface area contributed by atoms with Gasteiger partial charge in [0.05, 0.1) is 6.04 Å². The highest BCUT2D eigenvalue weighted by atomic mass is 16.2. The van der Waals surface area contributed by atoms with E-state index in [0.29, 0.717) is 18.0 Å². The maximum atomic E-state index is 13.0. The quantitative estimate of drug-likeness (QED) is 0.765. The zero-order valence-electron chi connectivity index (χ0n) is 15.5. The van der Waals surface area contributed by atoms with E-state index >= 15 is 0 Å². The lowest BCUT2D eigenvalue weighted by molar-refractivity contribution is -0.126. The molecule has 2 N–H and O–H groups in total. The standard InChI is InChI=1S/C20H27N3O3/c1-13-16-12-14(17-6-3-4-10-22-17)8-9-15(16)20(26)23(13)18(7-5-11-24)19(25)21-2/h8-9,11-13,17-18,22H,3-7,10H2,1-2H3,(H,21,25). The number of rotatable bonds is 6. The molecule has 140 valence electrons. The van der Waals surface area contributed by atoms with Gasteiger partial charge in [0.15, 0.2) is 0 Å². The van der Waals surface area contributed by atoms with Gasteiger partial charge in [-0.25, -0.2) is 0 Å². The highest BCUT2D eigenvalue weighted by molar-refractivity contribution is 6.02. The minimum atomic E-state index is -0.628. The average Bonchev–Trinajstić information content (AvgIpc) is 2.93. The largest absolute Gasteiger partial charge is 0.357 e. The Labute approximate surface area is 154 Å². The van der Waals surface area contributed by atoms with Crippen LogP contribution in [0.4, 0.5) is 0 Å². The van der Waals surface area contributed by atoms with E-state index in [4.69, 9.17) is 0 Å². The molecule has 0 radical (unpaired) electrons. The topological polar surface area (TPSA) is 78.5 Å². The second-order valence-corrected chi connectivity index (χ2v) is 7.11. The normalized spacial score (nSPS) is 23.5. The average molecular weight is 357 g/mol. The fourth-order valence-corrected chi connectivity index (χ4v) is 4.14. The number of nitrogens with zero attached hydrogens (tertiary/aromatic N) is 1. The van der Waals surface area contributed by atoms with Crippen LogP contribution in [0.5, 0.6) is 0 Å². The van der Waals surface area contributed by atoms with E-state index in [-0.39, 0.29) is 24.3 Å². The molecular weight excluding hydrogens is 330 g/mol. The Morgan fingerprint density at radius 1 is 1.42 bits per heavy atom. The lowest BCUT2D eigenvalue weighted by Gasteiger charge is -2.30. The van der Waals surface area contributed by atoms with Crippen LogP contribution in [0.1, 0.15) is 72.6 Å². The maximum Gasteiger partial charge on any atom is 0.255 e. The molecular formula is C20H27N3O3. The number of aldehydes is 1. The van der Waals surface area contributed by atoms with Crippen molar-refractivity contribution in [1.29, 1.82) is 0 Å². The molecule has 6 heteroatoms. The van der Waals surface area contributed by atoms with Crippen LogP contribution in [0, 0.1) is 0 Å². The van der Waals surface area contributed by atoms with Crippen molar-refractivity contribution in [3.05, 3.63) is 34.9 Å². The molecule has 2 aliphatic rings. The molecule has 0 aromatic heterocycles. The Morgan fingerprint density at radius 3 is 2.88 bits per heavy atom. The van der Waals surface area contributed by atoms with E-state index < -0.39 is 6.04 Å². The lowest BCUT2D eigenvalue weighted by Crippen LogP contribution is -2.47. The van der Waals surface area contributed by atoms with Gasteiger partial charge in [-0.2, -0.15) is 0 Å². The predicted molar refractivity (Wildman–Crippen MR) is 98.8 cm³/mol. The van der Waals surface area contributed by atoms with Gasteiger partial charge in [-0.05, 0) is 49.9 Å². The zero-order valence-corrected chi connectivity index (χ0v) is 15.5. The van der Waals surface area contributed by atoms with Crippen molar-refractivity contribution in [2.75, 3.05) is 13.6 Å². The molecule has 0 bridgehead atoms. The smallest absolute Gasteiger partial charge is 0.255 e. The third-order valence-electron chi connectivity index (χ3n) is 5.56. The molecule has 2 amide bonds. The first kappa shape index (κ1) is 18.6. The third kappa shape index (κ3) is 3.38. The van der Waals surface area contributed by atoms with Crippen molar-refractivity contribution in [3.63, 3.8) is 0 Å². The number of likely N-dealkylation sites (N-methyl/N-ethyl adjacent to an activating group) is 1. The summed E-state index contributed by atoms with van der Waals surface area (Å²) < 4.78 is 0. The van der Waals surface area contributed by atoms with Crippen LogP contribution in [0.25, 0.3) is 0 Å². The van der Waals surface area contributed by atoms with Crippen LogP contribution in [-0.4, -0.2) is 42.6 Å². The fraction of sp³-hybridized carbons (Fsp3) is 0.550. The number of hydrogen-bond donors (Lipinski definition) is 2. The van der Waals surface area contributed by atoms with Gasteiger partial charge in [-0.15, -0.1) is 0 Å². The molecule has 26 heavy (non-hydrogen) atoms. The van der Waals surface area contributed by atoms with Gasteiger partial charge in [-0.3, -0.25) is 9.59 Å². The monoisotopic (exact) mass is 357 g/mol. The molecule has 6 nitrogen and oxygen atoms in total. The van der Waals surface area contributed by atoms with Crippen molar-refractivity contribution >= 4 is 18.1 Å². The predicted octanol–water partition coefficient (Wildman–Crippen LogP) is 2.11. The summed E-state index contributed by atoms with van der Waals surface area (Å²) in [5.41, 5.74) is 2.84. The highest BCUT2D eigenvalue weighted by Gasteiger charge is 2.41. The summed E-state index contributed by atoms with van der Waals surface area (Å²) in [7, 11) is 1.56. The van der Waals surface area contributed by atoms with Gasteiger partial charge in [0.25, 0.3) is 5.91 Å². The molecule has 3 unspecified atom stereocenters.